The number of unbranched alkanes of at least 4 members (excludes halogenated alkanes) is 42. The fourth-order valence-corrected chi connectivity index (χ4v) is 14.6. The van der Waals surface area contributed by atoms with Crippen LogP contribution in [0.5, 0.6) is 0 Å². The van der Waals surface area contributed by atoms with Crippen molar-refractivity contribution in [3.63, 3.8) is 0 Å². The molecular weight excluding hydrogens is 1360 g/mol. The van der Waals surface area contributed by atoms with Crippen molar-refractivity contribution in [2.45, 2.75) is 452 Å². The predicted octanol–water partition coefficient (Wildman–Crippen LogP) is 16.0. The van der Waals surface area contributed by atoms with Crippen LogP contribution in [0.3, 0.4) is 0 Å². The second-order valence-electron chi connectivity index (χ2n) is 31.0. The molecule has 1 amide bonds. The minimum absolute atomic E-state index is 0.243. The van der Waals surface area contributed by atoms with Crippen LogP contribution in [0.25, 0.3) is 0 Å². The normalized spacial score (nSPS) is 25.9. The molecule has 3 fully saturated rings. The number of amides is 1. The van der Waals surface area contributed by atoms with E-state index in [9.17, 15) is 61.0 Å². The smallest absolute Gasteiger partial charge is 0.220 e. The van der Waals surface area contributed by atoms with Crippen LogP contribution in [0.1, 0.15) is 348 Å². The zero-order valence-corrected chi connectivity index (χ0v) is 67.1. The van der Waals surface area contributed by atoms with Gasteiger partial charge in [0.2, 0.25) is 5.91 Å². The van der Waals surface area contributed by atoms with Crippen molar-refractivity contribution >= 4 is 5.91 Å². The number of hydrogen-bond donors (Lipinski definition) is 12. The summed E-state index contributed by atoms with van der Waals surface area (Å²) in [5.41, 5.74) is 0. The number of ether oxygens (including phenoxy) is 6. The first kappa shape index (κ1) is 98.4. The molecule has 12 N–H and O–H groups in total. The number of hydrogen-bond acceptors (Lipinski definition) is 18. The molecule has 0 aromatic carbocycles. The fraction of sp³-hybridized carbons (Fsp3) is 0.852. The topological polar surface area (TPSA) is 307 Å². The van der Waals surface area contributed by atoms with Gasteiger partial charge in [0.05, 0.1) is 38.6 Å². The predicted molar refractivity (Wildman–Crippen MR) is 429 cm³/mol. The highest BCUT2D eigenvalue weighted by molar-refractivity contribution is 5.76. The minimum atomic E-state index is -1.98. The zero-order chi connectivity index (χ0) is 77.4. The summed E-state index contributed by atoms with van der Waals surface area (Å²) in [4.78, 5) is 13.5. The van der Waals surface area contributed by atoms with Crippen LogP contribution >= 0.6 is 0 Å². The Labute approximate surface area is 648 Å². The van der Waals surface area contributed by atoms with E-state index in [1.165, 1.54) is 225 Å². The van der Waals surface area contributed by atoms with E-state index in [2.05, 4.69) is 92.1 Å². The van der Waals surface area contributed by atoms with Gasteiger partial charge in [-0.2, -0.15) is 0 Å². The maximum Gasteiger partial charge on any atom is 0.220 e. The first-order chi connectivity index (χ1) is 52.3. The van der Waals surface area contributed by atoms with E-state index in [1.54, 1.807) is 0 Å². The Morgan fingerprint density at radius 1 is 0.346 bits per heavy atom. The lowest BCUT2D eigenvalue weighted by molar-refractivity contribution is -0.379. The van der Waals surface area contributed by atoms with Crippen LogP contribution in [0.2, 0.25) is 0 Å². The third kappa shape index (κ3) is 46.9. The van der Waals surface area contributed by atoms with Crippen molar-refractivity contribution in [1.82, 2.24) is 5.32 Å². The highest BCUT2D eigenvalue weighted by atomic mass is 16.8. The molecule has 0 saturated carbocycles. The molecule has 107 heavy (non-hydrogen) atoms. The summed E-state index contributed by atoms with van der Waals surface area (Å²) in [5, 5.41) is 121. The van der Waals surface area contributed by atoms with Crippen LogP contribution in [-0.2, 0) is 33.2 Å². The number of allylic oxidation sites excluding steroid dienone is 12. The van der Waals surface area contributed by atoms with Crippen molar-refractivity contribution in [3.8, 4) is 0 Å². The molecule has 624 valence electrons. The first-order valence-corrected chi connectivity index (χ1v) is 43.7. The number of carbonyl (C=O) groups excluding carboxylic acids is 1. The van der Waals surface area contributed by atoms with Crippen LogP contribution in [0, 0.1) is 0 Å². The number of rotatable bonds is 70. The van der Waals surface area contributed by atoms with E-state index >= 15 is 0 Å². The van der Waals surface area contributed by atoms with Gasteiger partial charge in [-0.3, -0.25) is 4.79 Å². The van der Waals surface area contributed by atoms with Crippen molar-refractivity contribution in [2.24, 2.45) is 0 Å². The lowest BCUT2D eigenvalue weighted by Crippen LogP contribution is -2.66. The van der Waals surface area contributed by atoms with Gasteiger partial charge in [-0.05, 0) is 64.2 Å². The Morgan fingerprint density at radius 3 is 1.01 bits per heavy atom. The largest absolute Gasteiger partial charge is 0.394 e. The Balaban J connectivity index is 1.34. The van der Waals surface area contributed by atoms with Gasteiger partial charge in [0.15, 0.2) is 18.9 Å². The van der Waals surface area contributed by atoms with E-state index in [4.69, 9.17) is 28.4 Å². The van der Waals surface area contributed by atoms with E-state index in [0.29, 0.717) is 12.8 Å². The molecule has 17 atom stereocenters. The Bertz CT molecular complexity index is 2210. The van der Waals surface area contributed by atoms with Crippen molar-refractivity contribution in [1.29, 1.82) is 0 Å². The molecule has 3 heterocycles. The van der Waals surface area contributed by atoms with Gasteiger partial charge in [-0.1, -0.05) is 350 Å². The molecule has 17 unspecified atom stereocenters. The Kier molecular flexibility index (Phi) is 62.3. The Morgan fingerprint density at radius 2 is 0.645 bits per heavy atom. The quantitative estimate of drug-likeness (QED) is 0.0199. The molecule has 3 aliphatic rings. The third-order valence-electron chi connectivity index (χ3n) is 21.5. The van der Waals surface area contributed by atoms with Gasteiger partial charge in [-0.25, -0.2) is 0 Å². The average molecular weight is 1520 g/mol. The lowest BCUT2D eigenvalue weighted by Gasteiger charge is -2.48. The molecule has 0 aliphatic carbocycles. The summed E-state index contributed by atoms with van der Waals surface area (Å²) in [6.07, 6.45) is 62.8. The highest BCUT2D eigenvalue weighted by Crippen LogP contribution is 2.34. The minimum Gasteiger partial charge on any atom is -0.394 e. The number of aliphatic hydroxyl groups is 11. The molecular formula is C88H159NO18. The summed E-state index contributed by atoms with van der Waals surface area (Å²) in [7, 11) is 0. The van der Waals surface area contributed by atoms with E-state index in [0.717, 1.165) is 89.9 Å². The average Bonchev–Trinajstić information content (AvgIpc) is 0.780. The van der Waals surface area contributed by atoms with Crippen LogP contribution in [0.4, 0.5) is 0 Å². The fourth-order valence-electron chi connectivity index (χ4n) is 14.6. The first-order valence-electron chi connectivity index (χ1n) is 43.7. The van der Waals surface area contributed by atoms with Crippen molar-refractivity contribution < 1.29 is 89.4 Å². The number of nitrogens with one attached hydrogen (secondary N) is 1. The van der Waals surface area contributed by atoms with Crippen LogP contribution < -0.4 is 5.32 Å². The Hall–Kier alpha value is -2.77. The molecule has 3 rings (SSSR count). The second-order valence-corrected chi connectivity index (χ2v) is 31.0. The van der Waals surface area contributed by atoms with E-state index in [1.807, 2.05) is 0 Å². The van der Waals surface area contributed by atoms with Gasteiger partial charge in [-0.15, -0.1) is 0 Å². The van der Waals surface area contributed by atoms with Crippen molar-refractivity contribution in [2.75, 3.05) is 26.4 Å². The molecule has 3 aliphatic heterocycles. The molecule has 0 aromatic rings. The monoisotopic (exact) mass is 1520 g/mol. The summed E-state index contributed by atoms with van der Waals surface area (Å²) in [5.74, 6) is -0.243. The summed E-state index contributed by atoms with van der Waals surface area (Å²) >= 11 is 0. The van der Waals surface area contributed by atoms with Gasteiger partial charge >= 0.3 is 0 Å². The molecule has 0 radical (unpaired) electrons. The molecule has 0 bridgehead atoms. The molecule has 0 aromatic heterocycles. The summed E-state index contributed by atoms with van der Waals surface area (Å²) in [6.45, 7) is 1.73. The molecule has 19 heteroatoms. The standard InChI is InChI=1S/C88H159NO18/c1-3-5-7-9-11-13-15-17-19-21-23-25-27-29-31-33-35-37-39-41-43-45-47-49-51-53-55-57-59-61-63-65-72(93)71(89-76(94)66-64-62-60-58-56-54-52-50-48-46-44-42-40-38-36-34-32-30-28-26-24-22-20-18-16-14-12-10-8-6-4-2)70-102-86-82(100)79(97)84(74(68-91)104-86)107-88-83(101)80(98)85(75(69-92)105-88)106-87-81(99)78(96)77(95)73(67-90)103-87/h6,8,12,14,18,20,24,26,30,32,36,38,71-75,77-88,90-93,95-101H,3-5,7,9-11,13,15-17,19,21-23,25,27-29,31,33-35,37,39-70H2,1-2H3,(H,89,94)/b8-6-,14-12-,20-18-,26-24-,32-30-,38-36-. The molecule has 19 nitrogen and oxygen atoms in total. The SMILES string of the molecule is CC/C=C\C/C=C\C/C=C\C/C=C\C/C=C\C/C=C\CCCCCCCCCCCCCCC(=O)NC(COC1OC(CO)C(OC2OC(CO)C(OC3OC(CO)C(O)C(O)C3O)C(O)C2O)C(O)C1O)C(O)CCCCCCCCCCCCCCCCCCCCCCCCCCCCCCCCC. The second kappa shape index (κ2) is 67.7. The molecule has 3 saturated heterocycles. The molecule has 0 spiro atoms. The zero-order valence-electron chi connectivity index (χ0n) is 67.1. The van der Waals surface area contributed by atoms with Gasteiger partial charge in [0, 0.05) is 6.42 Å². The van der Waals surface area contributed by atoms with Gasteiger partial charge < -0.3 is 89.9 Å². The summed E-state index contributed by atoms with van der Waals surface area (Å²) < 4.78 is 34.6. The third-order valence-corrected chi connectivity index (χ3v) is 21.5. The number of aliphatic hydroxyl groups excluding tert-OH is 11. The van der Waals surface area contributed by atoms with E-state index < -0.39 is 124 Å². The highest BCUT2D eigenvalue weighted by Gasteiger charge is 2.54. The van der Waals surface area contributed by atoms with Gasteiger partial charge in [0.1, 0.15) is 73.2 Å². The lowest BCUT2D eigenvalue weighted by atomic mass is 9.96. The maximum atomic E-state index is 13.5. The van der Waals surface area contributed by atoms with Crippen LogP contribution in [0.15, 0.2) is 72.9 Å². The number of carbonyl (C=O) groups is 1. The maximum absolute atomic E-state index is 13.5. The summed E-state index contributed by atoms with van der Waals surface area (Å²) in [6, 6.07) is -0.895. The van der Waals surface area contributed by atoms with Gasteiger partial charge in [0.25, 0.3) is 0 Å². The van der Waals surface area contributed by atoms with E-state index in [-0.39, 0.29) is 18.9 Å². The van der Waals surface area contributed by atoms with Crippen LogP contribution in [-0.4, -0.2) is 193 Å². The van der Waals surface area contributed by atoms with Crippen molar-refractivity contribution in [3.05, 3.63) is 72.9 Å².